The van der Waals surface area contributed by atoms with Crippen LogP contribution in [0.1, 0.15) is 12.8 Å². The quantitative estimate of drug-likeness (QED) is 0.823. The number of nitrogens with zero attached hydrogens (tertiary/aromatic N) is 3. The number of halogens is 1. The maximum Gasteiger partial charge on any atom is 0.147 e. The van der Waals surface area contributed by atoms with Crippen molar-refractivity contribution >= 4 is 18.2 Å². The summed E-state index contributed by atoms with van der Waals surface area (Å²) < 4.78 is 0. The fraction of sp³-hybridized carbons (Fsp3) is 0.600. The van der Waals surface area contributed by atoms with Crippen molar-refractivity contribution in [2.75, 3.05) is 25.0 Å². The van der Waals surface area contributed by atoms with Crippen molar-refractivity contribution < 1.29 is 0 Å². The number of hydrogen-bond acceptors (Lipinski definition) is 4. The highest BCUT2D eigenvalue weighted by Gasteiger charge is 2.18. The predicted octanol–water partition coefficient (Wildman–Crippen LogP) is 1.09. The highest BCUT2D eigenvalue weighted by Crippen LogP contribution is 2.14. The largest absolute Gasteiger partial charge is 0.354 e. The first-order valence-corrected chi connectivity index (χ1v) is 5.07. The zero-order valence-corrected chi connectivity index (χ0v) is 9.70. The molecule has 0 radical (unpaired) electrons. The number of aromatic nitrogens is 2. The number of likely N-dealkylation sites (N-methyl/N-ethyl adjacent to an activating group) is 1. The van der Waals surface area contributed by atoms with Crippen LogP contribution in [0.15, 0.2) is 18.6 Å². The molecule has 0 bridgehead atoms. The highest BCUT2D eigenvalue weighted by atomic mass is 35.5. The zero-order valence-electron chi connectivity index (χ0n) is 8.89. The van der Waals surface area contributed by atoms with Crippen molar-refractivity contribution in [2.24, 2.45) is 0 Å². The molecule has 1 saturated heterocycles. The van der Waals surface area contributed by atoms with Crippen LogP contribution in [0.4, 0.5) is 5.82 Å². The van der Waals surface area contributed by atoms with Crippen molar-refractivity contribution in [3.05, 3.63) is 18.6 Å². The van der Waals surface area contributed by atoms with Crippen LogP contribution in [0.2, 0.25) is 0 Å². The van der Waals surface area contributed by atoms with Gasteiger partial charge >= 0.3 is 0 Å². The van der Waals surface area contributed by atoms with Gasteiger partial charge in [0.05, 0.1) is 6.20 Å². The standard InChI is InChI=1S/C10H16N4.ClH/c1-14(9-3-2-4-11-7-9)10-8-12-5-6-13-10;/h5-6,8-9,11H,2-4,7H2,1H3;1H. The van der Waals surface area contributed by atoms with Crippen molar-refractivity contribution in [3.8, 4) is 0 Å². The van der Waals surface area contributed by atoms with Crippen LogP contribution < -0.4 is 10.2 Å². The maximum absolute atomic E-state index is 4.29. The summed E-state index contributed by atoms with van der Waals surface area (Å²) in [6.07, 6.45) is 7.74. The minimum Gasteiger partial charge on any atom is -0.354 e. The van der Waals surface area contributed by atoms with Gasteiger partial charge in [0.2, 0.25) is 0 Å². The van der Waals surface area contributed by atoms with E-state index < -0.39 is 0 Å². The monoisotopic (exact) mass is 228 g/mol. The van der Waals surface area contributed by atoms with Gasteiger partial charge < -0.3 is 10.2 Å². The highest BCUT2D eigenvalue weighted by molar-refractivity contribution is 5.85. The van der Waals surface area contributed by atoms with Gasteiger partial charge in [-0.2, -0.15) is 0 Å². The first-order valence-electron chi connectivity index (χ1n) is 5.07. The molecule has 2 rings (SSSR count). The summed E-state index contributed by atoms with van der Waals surface area (Å²) >= 11 is 0. The first-order chi connectivity index (χ1) is 6.88. The molecule has 0 saturated carbocycles. The lowest BCUT2D eigenvalue weighted by molar-refractivity contribution is 0.443. The molecule has 15 heavy (non-hydrogen) atoms. The number of rotatable bonds is 2. The Labute approximate surface area is 96.5 Å². The lowest BCUT2D eigenvalue weighted by Gasteiger charge is -2.32. The molecule has 1 aliphatic heterocycles. The molecule has 5 heteroatoms. The van der Waals surface area contributed by atoms with E-state index in [0.717, 1.165) is 18.9 Å². The Morgan fingerprint density at radius 2 is 2.33 bits per heavy atom. The molecule has 1 aromatic heterocycles. The Balaban J connectivity index is 0.00000112. The molecule has 1 unspecified atom stereocenters. The summed E-state index contributed by atoms with van der Waals surface area (Å²) in [5.74, 6) is 0.959. The Morgan fingerprint density at radius 1 is 1.47 bits per heavy atom. The molecule has 1 fully saturated rings. The number of hydrogen-bond donors (Lipinski definition) is 1. The van der Waals surface area contributed by atoms with Gasteiger partial charge in [-0.1, -0.05) is 0 Å². The average molecular weight is 229 g/mol. The fourth-order valence-electron chi connectivity index (χ4n) is 1.82. The molecule has 0 amide bonds. The molecular weight excluding hydrogens is 212 g/mol. The summed E-state index contributed by atoms with van der Waals surface area (Å²) in [5.41, 5.74) is 0. The second-order valence-electron chi connectivity index (χ2n) is 3.67. The van der Waals surface area contributed by atoms with Crippen LogP contribution in [0.5, 0.6) is 0 Å². The van der Waals surface area contributed by atoms with E-state index in [0.29, 0.717) is 6.04 Å². The second kappa shape index (κ2) is 5.88. The lowest BCUT2D eigenvalue weighted by atomic mass is 10.1. The molecule has 84 valence electrons. The smallest absolute Gasteiger partial charge is 0.147 e. The number of piperidine rings is 1. The van der Waals surface area contributed by atoms with Gasteiger partial charge in [-0.15, -0.1) is 12.4 Å². The molecule has 1 aromatic rings. The summed E-state index contributed by atoms with van der Waals surface area (Å²) in [5, 5.41) is 3.40. The Morgan fingerprint density at radius 3 is 2.93 bits per heavy atom. The third-order valence-corrected chi connectivity index (χ3v) is 2.73. The first kappa shape index (κ1) is 12.2. The van der Waals surface area contributed by atoms with Crippen molar-refractivity contribution in [3.63, 3.8) is 0 Å². The molecule has 2 heterocycles. The van der Waals surface area contributed by atoms with Crippen LogP contribution in [0, 0.1) is 0 Å². The number of anilines is 1. The molecular formula is C10H17ClN4. The number of nitrogens with one attached hydrogen (secondary N) is 1. The van der Waals surface area contributed by atoms with Gasteiger partial charge in [-0.3, -0.25) is 4.98 Å². The Bertz CT molecular complexity index is 274. The lowest BCUT2D eigenvalue weighted by Crippen LogP contribution is -2.44. The van der Waals surface area contributed by atoms with E-state index in [9.17, 15) is 0 Å². The summed E-state index contributed by atoms with van der Waals surface area (Å²) in [6.45, 7) is 2.19. The van der Waals surface area contributed by atoms with E-state index >= 15 is 0 Å². The summed E-state index contributed by atoms with van der Waals surface area (Å²) in [7, 11) is 2.08. The van der Waals surface area contributed by atoms with Crippen LogP contribution in [-0.4, -0.2) is 36.1 Å². The van der Waals surface area contributed by atoms with Crippen LogP contribution in [0.3, 0.4) is 0 Å². The van der Waals surface area contributed by atoms with Gasteiger partial charge in [0.15, 0.2) is 0 Å². The van der Waals surface area contributed by atoms with Gasteiger partial charge in [0.1, 0.15) is 5.82 Å². The molecule has 0 aliphatic carbocycles. The Kier molecular flexibility index (Phi) is 4.78. The molecule has 1 aliphatic rings. The third kappa shape index (κ3) is 3.04. The van der Waals surface area contributed by atoms with E-state index in [2.05, 4.69) is 27.2 Å². The van der Waals surface area contributed by atoms with E-state index in [4.69, 9.17) is 0 Å². The van der Waals surface area contributed by atoms with E-state index in [1.54, 1.807) is 12.4 Å². The van der Waals surface area contributed by atoms with E-state index in [1.165, 1.54) is 12.8 Å². The average Bonchev–Trinajstić information content (AvgIpc) is 2.30. The van der Waals surface area contributed by atoms with Crippen molar-refractivity contribution in [1.82, 2.24) is 15.3 Å². The van der Waals surface area contributed by atoms with Gasteiger partial charge in [-0.05, 0) is 19.4 Å². The van der Waals surface area contributed by atoms with Gasteiger partial charge in [0, 0.05) is 32.0 Å². The van der Waals surface area contributed by atoms with Crippen LogP contribution in [-0.2, 0) is 0 Å². The minimum atomic E-state index is 0. The topological polar surface area (TPSA) is 41.1 Å². The molecule has 1 atom stereocenters. The van der Waals surface area contributed by atoms with Gasteiger partial charge in [-0.25, -0.2) is 4.98 Å². The van der Waals surface area contributed by atoms with Crippen LogP contribution in [0.25, 0.3) is 0 Å². The molecule has 0 spiro atoms. The Hall–Kier alpha value is -0.870. The van der Waals surface area contributed by atoms with E-state index in [1.807, 2.05) is 6.20 Å². The van der Waals surface area contributed by atoms with Gasteiger partial charge in [0.25, 0.3) is 0 Å². The molecule has 0 aromatic carbocycles. The second-order valence-corrected chi connectivity index (χ2v) is 3.67. The van der Waals surface area contributed by atoms with E-state index in [-0.39, 0.29) is 12.4 Å². The molecule has 1 N–H and O–H groups in total. The summed E-state index contributed by atoms with van der Waals surface area (Å²) in [6, 6.07) is 0.556. The SMILES string of the molecule is CN(c1cnccn1)C1CCCNC1.Cl. The van der Waals surface area contributed by atoms with Crippen molar-refractivity contribution in [2.45, 2.75) is 18.9 Å². The molecule has 4 nitrogen and oxygen atoms in total. The fourth-order valence-corrected chi connectivity index (χ4v) is 1.82. The predicted molar refractivity (Wildman–Crippen MR) is 63.6 cm³/mol. The summed E-state index contributed by atoms with van der Waals surface area (Å²) in [4.78, 5) is 10.6. The maximum atomic E-state index is 4.29. The van der Waals surface area contributed by atoms with Crippen LogP contribution >= 0.6 is 12.4 Å². The normalized spacial score (nSPS) is 20.5. The zero-order chi connectivity index (χ0) is 9.80. The minimum absolute atomic E-state index is 0. The third-order valence-electron chi connectivity index (χ3n) is 2.73. The van der Waals surface area contributed by atoms with Crippen molar-refractivity contribution in [1.29, 1.82) is 0 Å².